The van der Waals surface area contributed by atoms with Crippen molar-refractivity contribution >= 4 is 18.0 Å². The van der Waals surface area contributed by atoms with Crippen LogP contribution < -0.4 is 16.4 Å². The molecule has 8 nitrogen and oxygen atoms in total. The van der Waals surface area contributed by atoms with Gasteiger partial charge in [-0.25, -0.2) is 5.06 Å². The molecule has 23 heavy (non-hydrogen) atoms. The summed E-state index contributed by atoms with van der Waals surface area (Å²) in [4.78, 5) is 36.7. The highest BCUT2D eigenvalue weighted by atomic mass is 16.5. The second-order valence-corrected chi connectivity index (χ2v) is 5.45. The molecule has 0 saturated heterocycles. The molecule has 0 spiro atoms. The van der Waals surface area contributed by atoms with E-state index in [2.05, 4.69) is 22.8 Å². The van der Waals surface area contributed by atoms with Gasteiger partial charge in [-0.15, -0.1) is 0 Å². The Morgan fingerprint density at radius 3 is 2.78 bits per heavy atom. The molecule has 1 atom stereocenters. The van der Waals surface area contributed by atoms with Crippen LogP contribution in [0.25, 0.3) is 0 Å². The minimum Gasteiger partial charge on any atom is -0.326 e. The molecule has 128 valence electrons. The molecule has 0 saturated carbocycles. The first-order chi connectivity index (χ1) is 11.0. The van der Waals surface area contributed by atoms with Crippen molar-refractivity contribution in [3.05, 3.63) is 28.2 Å². The number of hydrazine groups is 1. The Morgan fingerprint density at radius 2 is 2.17 bits per heavy atom. The molecule has 0 bridgehead atoms. The zero-order valence-corrected chi connectivity index (χ0v) is 13.5. The number of aromatic amines is 1. The van der Waals surface area contributed by atoms with E-state index in [-0.39, 0.29) is 24.4 Å². The lowest BCUT2D eigenvalue weighted by Crippen LogP contribution is -2.40. The third-order valence-electron chi connectivity index (χ3n) is 3.37. The van der Waals surface area contributed by atoms with Gasteiger partial charge in [0.1, 0.15) is 0 Å². The number of amides is 2. The maximum atomic E-state index is 12.2. The molecule has 0 aromatic carbocycles. The van der Waals surface area contributed by atoms with Crippen LogP contribution in [0.3, 0.4) is 0 Å². The third-order valence-corrected chi connectivity index (χ3v) is 3.37. The van der Waals surface area contributed by atoms with Crippen LogP contribution in [-0.4, -0.2) is 34.1 Å². The quantitative estimate of drug-likeness (QED) is 0.223. The summed E-state index contributed by atoms with van der Waals surface area (Å²) in [6.45, 7) is 3.71. The fraction of sp³-hybridized carbons (Fsp3) is 0.533. The second-order valence-electron chi connectivity index (χ2n) is 5.45. The van der Waals surface area contributed by atoms with Crippen molar-refractivity contribution < 1.29 is 14.8 Å². The normalized spacial score (nSPS) is 11.6. The topological polar surface area (TPSA) is 115 Å². The minimum atomic E-state index is -0.535. The molecule has 0 unspecified atom stereocenters. The van der Waals surface area contributed by atoms with Crippen molar-refractivity contribution in [1.29, 1.82) is 0 Å². The fourth-order valence-corrected chi connectivity index (χ4v) is 2.21. The van der Waals surface area contributed by atoms with Gasteiger partial charge in [0, 0.05) is 11.8 Å². The molecular weight excluding hydrogens is 300 g/mol. The predicted octanol–water partition coefficient (Wildman–Crippen LogP) is 1.17. The number of nitrogens with zero attached hydrogens (tertiary/aromatic N) is 1. The number of aromatic nitrogens is 1. The number of H-pyrrole nitrogens is 1. The molecule has 0 aliphatic carbocycles. The van der Waals surface area contributed by atoms with Crippen LogP contribution in [0.5, 0.6) is 0 Å². The number of nitrogens with one attached hydrogen (secondary N) is 3. The van der Waals surface area contributed by atoms with E-state index in [9.17, 15) is 19.6 Å². The smallest absolute Gasteiger partial charge is 0.250 e. The van der Waals surface area contributed by atoms with E-state index in [1.54, 1.807) is 13.0 Å². The number of hydrogen-bond acceptors (Lipinski definition) is 5. The molecule has 1 aromatic rings. The largest absolute Gasteiger partial charge is 0.326 e. The number of carbonyl (C=O) groups excluding carboxylic acids is 2. The van der Waals surface area contributed by atoms with E-state index in [1.807, 2.05) is 0 Å². The Labute approximate surface area is 134 Å². The molecule has 2 amide bonds. The first kappa shape index (κ1) is 18.7. The zero-order chi connectivity index (χ0) is 17.2. The average molecular weight is 324 g/mol. The Balaban J connectivity index is 2.63. The molecule has 1 heterocycles. The number of aryl methyl sites for hydroxylation is 1. The molecular formula is C15H24N4O4. The van der Waals surface area contributed by atoms with Crippen molar-refractivity contribution in [3.8, 4) is 0 Å². The number of unbranched alkanes of at least 4 members (excludes halogenated alkanes) is 2. The highest BCUT2D eigenvalue weighted by Crippen LogP contribution is 2.12. The van der Waals surface area contributed by atoms with Crippen molar-refractivity contribution in [2.45, 2.75) is 39.5 Å². The SMILES string of the molecule is CCCCC[C@H](CN(O)C=O)C(=O)NNc1cc(C)[nH]c(=O)c1. The van der Waals surface area contributed by atoms with Crippen molar-refractivity contribution in [1.82, 2.24) is 15.5 Å². The van der Waals surface area contributed by atoms with E-state index in [1.165, 1.54) is 6.07 Å². The van der Waals surface area contributed by atoms with E-state index >= 15 is 0 Å². The molecule has 1 rings (SSSR count). The van der Waals surface area contributed by atoms with E-state index in [0.29, 0.717) is 22.9 Å². The Hall–Kier alpha value is -2.35. The maximum Gasteiger partial charge on any atom is 0.250 e. The van der Waals surface area contributed by atoms with Crippen LogP contribution >= 0.6 is 0 Å². The van der Waals surface area contributed by atoms with Gasteiger partial charge in [-0.3, -0.25) is 30.4 Å². The van der Waals surface area contributed by atoms with Gasteiger partial charge in [0.2, 0.25) is 17.9 Å². The lowest BCUT2D eigenvalue weighted by atomic mass is 10.0. The highest BCUT2D eigenvalue weighted by Gasteiger charge is 2.20. The molecule has 0 aliphatic heterocycles. The van der Waals surface area contributed by atoms with Crippen LogP contribution in [0.1, 0.15) is 38.3 Å². The van der Waals surface area contributed by atoms with Gasteiger partial charge < -0.3 is 4.98 Å². The number of hydrogen-bond donors (Lipinski definition) is 4. The zero-order valence-electron chi connectivity index (χ0n) is 13.5. The van der Waals surface area contributed by atoms with Gasteiger partial charge in [0.25, 0.3) is 0 Å². The number of rotatable bonds is 10. The number of hydroxylamine groups is 2. The molecule has 8 heteroatoms. The van der Waals surface area contributed by atoms with E-state index in [4.69, 9.17) is 0 Å². The summed E-state index contributed by atoms with van der Waals surface area (Å²) < 4.78 is 0. The van der Waals surface area contributed by atoms with E-state index < -0.39 is 5.92 Å². The summed E-state index contributed by atoms with van der Waals surface area (Å²) in [6.07, 6.45) is 3.63. The number of anilines is 1. The monoisotopic (exact) mass is 324 g/mol. The fourth-order valence-electron chi connectivity index (χ4n) is 2.21. The van der Waals surface area contributed by atoms with Crippen LogP contribution in [0.4, 0.5) is 5.69 Å². The van der Waals surface area contributed by atoms with Gasteiger partial charge >= 0.3 is 0 Å². The Kier molecular flexibility index (Phi) is 7.82. The van der Waals surface area contributed by atoms with Gasteiger partial charge in [-0.1, -0.05) is 26.2 Å². The third kappa shape index (κ3) is 6.96. The summed E-state index contributed by atoms with van der Waals surface area (Å²) >= 11 is 0. The minimum absolute atomic E-state index is 0.0743. The van der Waals surface area contributed by atoms with Gasteiger partial charge in [-0.2, -0.15) is 0 Å². The lowest BCUT2D eigenvalue weighted by molar-refractivity contribution is -0.154. The Morgan fingerprint density at radius 1 is 1.43 bits per heavy atom. The van der Waals surface area contributed by atoms with Crippen LogP contribution in [0.2, 0.25) is 0 Å². The summed E-state index contributed by atoms with van der Waals surface area (Å²) in [7, 11) is 0. The van der Waals surface area contributed by atoms with Crippen molar-refractivity contribution in [2.75, 3.05) is 12.0 Å². The van der Waals surface area contributed by atoms with Gasteiger partial charge in [0.05, 0.1) is 18.2 Å². The Bertz CT molecular complexity index is 573. The van der Waals surface area contributed by atoms with Crippen LogP contribution in [-0.2, 0) is 9.59 Å². The number of pyridine rings is 1. The first-order valence-corrected chi connectivity index (χ1v) is 7.64. The lowest BCUT2D eigenvalue weighted by Gasteiger charge is -2.20. The van der Waals surface area contributed by atoms with Crippen LogP contribution in [0.15, 0.2) is 16.9 Å². The number of carbonyl (C=O) groups is 2. The molecule has 0 radical (unpaired) electrons. The molecule has 0 fully saturated rings. The highest BCUT2D eigenvalue weighted by molar-refractivity contribution is 5.80. The maximum absolute atomic E-state index is 12.2. The molecule has 0 aliphatic rings. The first-order valence-electron chi connectivity index (χ1n) is 7.64. The van der Waals surface area contributed by atoms with E-state index in [0.717, 1.165) is 19.3 Å². The second kappa shape index (κ2) is 9.62. The summed E-state index contributed by atoms with van der Waals surface area (Å²) in [5, 5.41) is 9.78. The predicted molar refractivity (Wildman–Crippen MR) is 85.8 cm³/mol. The summed E-state index contributed by atoms with van der Waals surface area (Å²) in [5.74, 6) is -0.882. The molecule has 1 aromatic heterocycles. The summed E-state index contributed by atoms with van der Waals surface area (Å²) in [6, 6.07) is 3.00. The van der Waals surface area contributed by atoms with Gasteiger partial charge in [-0.05, 0) is 19.4 Å². The van der Waals surface area contributed by atoms with Crippen molar-refractivity contribution in [2.24, 2.45) is 5.92 Å². The van der Waals surface area contributed by atoms with Crippen molar-refractivity contribution in [3.63, 3.8) is 0 Å². The van der Waals surface area contributed by atoms with Gasteiger partial charge in [0.15, 0.2) is 0 Å². The standard InChI is InChI=1S/C15H24N4O4/c1-3-4-5-6-12(9-19(23)10-20)15(22)18-17-13-7-11(2)16-14(21)8-13/h7-8,10,12,23H,3-6,9H2,1-2H3,(H,18,22)(H2,16,17,21)/t12-/m1/s1. The average Bonchev–Trinajstić information content (AvgIpc) is 2.50. The summed E-state index contributed by atoms with van der Waals surface area (Å²) in [5.41, 5.74) is 6.04. The molecule has 4 N–H and O–H groups in total. The van der Waals surface area contributed by atoms with Crippen LogP contribution in [0, 0.1) is 12.8 Å².